The average molecular weight is 382 g/mol. The van der Waals surface area contributed by atoms with Gasteiger partial charge in [0.25, 0.3) is 0 Å². The van der Waals surface area contributed by atoms with Crippen LogP contribution in [0.1, 0.15) is 57.4 Å². The molecule has 140 valence electrons. The van der Waals surface area contributed by atoms with E-state index in [0.29, 0.717) is 5.75 Å². The molecule has 9 heteroatoms. The largest absolute Gasteiger partial charge is 0.466 e. The zero-order valence-electron chi connectivity index (χ0n) is 13.9. The number of rotatable bonds is 10. The lowest BCUT2D eigenvalue weighted by Gasteiger charge is -2.10. The monoisotopic (exact) mass is 382 g/mol. The summed E-state index contributed by atoms with van der Waals surface area (Å²) in [6.45, 7) is 2.23. The van der Waals surface area contributed by atoms with Crippen LogP contribution >= 0.6 is 16.4 Å². The lowest BCUT2D eigenvalue weighted by atomic mass is 10.0. The van der Waals surface area contributed by atoms with Crippen LogP contribution in [0.3, 0.4) is 0 Å². The van der Waals surface area contributed by atoms with Crippen molar-refractivity contribution in [3.8, 4) is 5.75 Å². The number of hydrogen-bond donors (Lipinski definition) is 5. The molecule has 0 saturated heterocycles. The highest BCUT2D eigenvalue weighted by Crippen LogP contribution is 2.32. The van der Waals surface area contributed by atoms with E-state index in [2.05, 4.69) is 6.92 Å². The first-order valence-electron chi connectivity index (χ1n) is 7.96. The molecule has 1 rings (SSSR count). The summed E-state index contributed by atoms with van der Waals surface area (Å²) in [5.41, 5.74) is 1.06. The third-order valence-electron chi connectivity index (χ3n) is 3.20. The van der Waals surface area contributed by atoms with E-state index in [-0.39, 0.29) is 0 Å². The molecule has 0 fully saturated rings. The van der Waals surface area contributed by atoms with Crippen LogP contribution in [0, 0.1) is 0 Å². The molecule has 1 aromatic rings. The van der Waals surface area contributed by atoms with E-state index in [9.17, 15) is 0 Å². The highest BCUT2D eigenvalue weighted by molar-refractivity contribution is 7.45. The van der Waals surface area contributed by atoms with Crippen LogP contribution in [0.5, 0.6) is 5.75 Å². The van der Waals surface area contributed by atoms with Crippen molar-refractivity contribution in [2.75, 3.05) is 0 Å². The number of unbranched alkanes of at least 4 members (excludes halogenated alkanes) is 6. The first-order valence-corrected chi connectivity index (χ1v) is 10.7. The fourth-order valence-electron chi connectivity index (χ4n) is 2.16. The molecule has 0 unspecified atom stereocenters. The molecule has 0 aliphatic heterocycles. The maximum absolute atomic E-state index is 8.92. The second-order valence-electron chi connectivity index (χ2n) is 5.34. The SMILES string of the molecule is CCCCCCCCCc1ccccc1OP(O)O.O=P(O)(O)O. The van der Waals surface area contributed by atoms with E-state index < -0.39 is 16.4 Å². The molecular weight excluding hydrogens is 354 g/mol. The second-order valence-corrected chi connectivity index (χ2v) is 7.05. The van der Waals surface area contributed by atoms with Gasteiger partial charge in [0.15, 0.2) is 0 Å². The smallest absolute Gasteiger partial charge is 0.427 e. The third kappa shape index (κ3) is 16.3. The van der Waals surface area contributed by atoms with Gasteiger partial charge in [-0.25, -0.2) is 4.57 Å². The average Bonchev–Trinajstić information content (AvgIpc) is 2.45. The van der Waals surface area contributed by atoms with Crippen molar-refractivity contribution in [2.45, 2.75) is 58.3 Å². The van der Waals surface area contributed by atoms with Crippen molar-refractivity contribution < 1.29 is 33.6 Å². The Morgan fingerprint density at radius 3 is 2.00 bits per heavy atom. The van der Waals surface area contributed by atoms with Gasteiger partial charge >= 0.3 is 16.4 Å². The summed E-state index contributed by atoms with van der Waals surface area (Å²) in [4.78, 5) is 39.4. The summed E-state index contributed by atoms with van der Waals surface area (Å²) in [6, 6.07) is 7.59. The molecule has 0 aliphatic carbocycles. The Hall–Kier alpha value is -0.520. The molecule has 0 spiro atoms. The van der Waals surface area contributed by atoms with Crippen molar-refractivity contribution in [3.05, 3.63) is 29.8 Å². The van der Waals surface area contributed by atoms with Gasteiger partial charge < -0.3 is 29.0 Å². The van der Waals surface area contributed by atoms with Crippen LogP contribution in [-0.4, -0.2) is 24.5 Å². The standard InChI is InChI=1S/C15H25O3P.H3O4P/c1-2-3-4-5-6-7-8-11-14-12-9-10-13-15(14)18-19(16)17;1-5(2,3)4/h9-10,12-13,16-17H,2-8,11H2,1H3;(H3,1,2,3,4). The summed E-state index contributed by atoms with van der Waals surface area (Å²) in [7, 11) is -6.96. The van der Waals surface area contributed by atoms with E-state index in [1.54, 1.807) is 6.07 Å². The van der Waals surface area contributed by atoms with Gasteiger partial charge in [0.05, 0.1) is 0 Å². The van der Waals surface area contributed by atoms with E-state index in [1.165, 1.54) is 38.5 Å². The van der Waals surface area contributed by atoms with Gasteiger partial charge in [-0.2, -0.15) is 0 Å². The van der Waals surface area contributed by atoms with Gasteiger partial charge in [-0.15, -0.1) is 0 Å². The Bertz CT molecular complexity index is 468. The zero-order valence-corrected chi connectivity index (χ0v) is 15.7. The highest BCUT2D eigenvalue weighted by atomic mass is 31.2. The molecule has 0 aromatic heterocycles. The molecule has 24 heavy (non-hydrogen) atoms. The maximum atomic E-state index is 8.92. The topological polar surface area (TPSA) is 127 Å². The predicted molar refractivity (Wildman–Crippen MR) is 94.4 cm³/mol. The molecule has 0 heterocycles. The fraction of sp³-hybridized carbons (Fsp3) is 0.600. The normalized spacial score (nSPS) is 11.1. The first-order chi connectivity index (χ1) is 11.2. The van der Waals surface area contributed by atoms with E-state index in [1.807, 2.05) is 18.2 Å². The molecular formula is C15H28O7P2. The van der Waals surface area contributed by atoms with Crippen molar-refractivity contribution in [1.29, 1.82) is 0 Å². The Morgan fingerprint density at radius 1 is 0.958 bits per heavy atom. The number of aryl methyl sites for hydroxylation is 1. The summed E-state index contributed by atoms with van der Waals surface area (Å²) in [5, 5.41) is 0. The Balaban J connectivity index is 0.000000922. The molecule has 0 bridgehead atoms. The first kappa shape index (κ1) is 23.5. The molecule has 0 amide bonds. The fourth-order valence-corrected chi connectivity index (χ4v) is 2.51. The van der Waals surface area contributed by atoms with E-state index >= 15 is 0 Å². The Kier molecular flexibility index (Phi) is 13.4. The maximum Gasteiger partial charge on any atom is 0.466 e. The van der Waals surface area contributed by atoms with Gasteiger partial charge in [0.1, 0.15) is 5.75 Å². The minimum absolute atomic E-state index is 0.601. The molecule has 0 aliphatic rings. The quantitative estimate of drug-likeness (QED) is 0.309. The van der Waals surface area contributed by atoms with Crippen LogP contribution in [0.15, 0.2) is 24.3 Å². The number of hydrogen-bond acceptors (Lipinski definition) is 4. The minimum Gasteiger partial charge on any atom is -0.427 e. The molecule has 7 nitrogen and oxygen atoms in total. The Labute approximate surface area is 144 Å². The highest BCUT2D eigenvalue weighted by Gasteiger charge is 2.07. The molecule has 0 saturated carbocycles. The molecule has 1 aromatic carbocycles. The van der Waals surface area contributed by atoms with Crippen LogP contribution in [0.2, 0.25) is 0 Å². The van der Waals surface area contributed by atoms with Gasteiger partial charge in [-0.1, -0.05) is 63.6 Å². The van der Waals surface area contributed by atoms with E-state index in [4.69, 9.17) is 33.6 Å². The Morgan fingerprint density at radius 2 is 1.46 bits per heavy atom. The van der Waals surface area contributed by atoms with Crippen molar-refractivity contribution >= 4 is 16.4 Å². The van der Waals surface area contributed by atoms with Gasteiger partial charge in [0, 0.05) is 0 Å². The van der Waals surface area contributed by atoms with Crippen LogP contribution in [0.4, 0.5) is 0 Å². The van der Waals surface area contributed by atoms with E-state index in [0.717, 1.165) is 18.4 Å². The summed E-state index contributed by atoms with van der Waals surface area (Å²) >= 11 is 0. The molecule has 5 N–H and O–H groups in total. The van der Waals surface area contributed by atoms with Crippen molar-refractivity contribution in [2.24, 2.45) is 0 Å². The summed E-state index contributed by atoms with van der Waals surface area (Å²) < 4.78 is 13.9. The minimum atomic E-state index is -4.64. The van der Waals surface area contributed by atoms with Gasteiger partial charge in [0.2, 0.25) is 0 Å². The van der Waals surface area contributed by atoms with Crippen LogP contribution < -0.4 is 4.52 Å². The van der Waals surface area contributed by atoms with Crippen LogP contribution in [0.25, 0.3) is 0 Å². The number of para-hydroxylation sites is 1. The number of phosphoric acid groups is 1. The van der Waals surface area contributed by atoms with Crippen molar-refractivity contribution in [1.82, 2.24) is 0 Å². The number of benzene rings is 1. The van der Waals surface area contributed by atoms with Gasteiger partial charge in [-0.05, 0) is 24.5 Å². The lowest BCUT2D eigenvalue weighted by molar-refractivity contribution is 0.275. The lowest BCUT2D eigenvalue weighted by Crippen LogP contribution is -1.93. The second kappa shape index (κ2) is 13.7. The third-order valence-corrected chi connectivity index (χ3v) is 3.56. The predicted octanol–water partition coefficient (Wildman–Crippen LogP) is 3.64. The van der Waals surface area contributed by atoms with Crippen molar-refractivity contribution in [3.63, 3.8) is 0 Å². The van der Waals surface area contributed by atoms with Gasteiger partial charge in [-0.3, -0.25) is 0 Å². The summed E-state index contributed by atoms with van der Waals surface area (Å²) in [5.74, 6) is 0.601. The zero-order chi connectivity index (χ0) is 18.4. The molecule has 0 atom stereocenters. The molecule has 0 radical (unpaired) electrons. The summed E-state index contributed by atoms with van der Waals surface area (Å²) in [6.07, 6.45) is 9.87. The van der Waals surface area contributed by atoms with Crippen LogP contribution in [-0.2, 0) is 11.0 Å².